The predicted molar refractivity (Wildman–Crippen MR) is 70.4 cm³/mol. The summed E-state index contributed by atoms with van der Waals surface area (Å²) in [6, 6.07) is 1.42. The van der Waals surface area contributed by atoms with Crippen molar-refractivity contribution < 1.29 is 4.74 Å². The van der Waals surface area contributed by atoms with E-state index >= 15 is 0 Å². The Bertz CT molecular complexity index is 217. The van der Waals surface area contributed by atoms with Gasteiger partial charge >= 0.3 is 0 Å². The summed E-state index contributed by atoms with van der Waals surface area (Å²) >= 11 is 0. The molecule has 2 rings (SSSR count). The highest BCUT2D eigenvalue weighted by atomic mass is 16.5. The van der Waals surface area contributed by atoms with Crippen LogP contribution in [-0.2, 0) is 4.74 Å². The Morgan fingerprint density at radius 3 is 2.65 bits per heavy atom. The lowest BCUT2D eigenvalue weighted by Gasteiger charge is -2.43. The second kappa shape index (κ2) is 6.69. The maximum absolute atomic E-state index is 5.14. The summed E-state index contributed by atoms with van der Waals surface area (Å²) in [5.74, 6) is 0. The van der Waals surface area contributed by atoms with Crippen molar-refractivity contribution in [2.75, 3.05) is 53.0 Å². The lowest BCUT2D eigenvalue weighted by atomic mass is 9.97. The van der Waals surface area contributed by atoms with Gasteiger partial charge in [-0.15, -0.1) is 0 Å². The Balaban J connectivity index is 1.74. The molecule has 2 fully saturated rings. The van der Waals surface area contributed by atoms with Crippen LogP contribution in [0, 0.1) is 0 Å². The molecular weight excluding hydrogens is 214 g/mol. The van der Waals surface area contributed by atoms with Crippen LogP contribution in [0.1, 0.15) is 19.8 Å². The van der Waals surface area contributed by atoms with Crippen molar-refractivity contribution in [2.24, 2.45) is 0 Å². The molecular formula is C13H27N3O. The third-order valence-corrected chi connectivity index (χ3v) is 4.21. The lowest BCUT2D eigenvalue weighted by molar-refractivity contribution is 0.0545. The molecule has 0 aromatic rings. The molecule has 0 radical (unpaired) electrons. The molecule has 2 saturated heterocycles. The van der Waals surface area contributed by atoms with E-state index in [-0.39, 0.29) is 0 Å². The van der Waals surface area contributed by atoms with Crippen molar-refractivity contribution in [2.45, 2.75) is 31.8 Å². The summed E-state index contributed by atoms with van der Waals surface area (Å²) in [6.45, 7) is 10.3. The third-order valence-electron chi connectivity index (χ3n) is 4.21. The minimum atomic E-state index is 0.661. The van der Waals surface area contributed by atoms with Crippen molar-refractivity contribution in [1.82, 2.24) is 15.1 Å². The summed E-state index contributed by atoms with van der Waals surface area (Å²) in [5.41, 5.74) is 0. The molecule has 0 saturated carbocycles. The number of piperidine rings is 1. The number of nitrogens with zero attached hydrogens (tertiary/aromatic N) is 2. The van der Waals surface area contributed by atoms with Crippen LogP contribution in [0.4, 0.5) is 0 Å². The van der Waals surface area contributed by atoms with Crippen molar-refractivity contribution in [3.63, 3.8) is 0 Å². The number of methoxy groups -OCH3 is 1. The standard InChI is InChI=1S/C13H27N3O/c1-12-13(4-3-5-14-12)16-8-6-15(7-9-16)10-11-17-2/h12-14H,3-11H2,1-2H3. The van der Waals surface area contributed by atoms with Crippen molar-refractivity contribution in [1.29, 1.82) is 0 Å². The Morgan fingerprint density at radius 2 is 2.00 bits per heavy atom. The van der Waals surface area contributed by atoms with Gasteiger partial charge in [0.05, 0.1) is 6.61 Å². The van der Waals surface area contributed by atoms with E-state index in [1.807, 2.05) is 0 Å². The van der Waals surface area contributed by atoms with Crippen LogP contribution in [0.5, 0.6) is 0 Å². The fourth-order valence-electron chi connectivity index (χ4n) is 3.06. The topological polar surface area (TPSA) is 27.7 Å². The van der Waals surface area contributed by atoms with Gasteiger partial charge in [-0.25, -0.2) is 0 Å². The average molecular weight is 241 g/mol. The van der Waals surface area contributed by atoms with Crippen molar-refractivity contribution in [3.05, 3.63) is 0 Å². The van der Waals surface area contributed by atoms with Crippen LogP contribution < -0.4 is 5.32 Å². The Hall–Kier alpha value is -0.160. The van der Waals surface area contributed by atoms with E-state index in [9.17, 15) is 0 Å². The zero-order chi connectivity index (χ0) is 12.1. The fraction of sp³-hybridized carbons (Fsp3) is 1.00. The highest BCUT2D eigenvalue weighted by molar-refractivity contribution is 4.88. The van der Waals surface area contributed by atoms with Gasteiger partial charge in [-0.3, -0.25) is 9.80 Å². The summed E-state index contributed by atoms with van der Waals surface area (Å²) in [7, 11) is 1.78. The highest BCUT2D eigenvalue weighted by Gasteiger charge is 2.29. The molecule has 1 N–H and O–H groups in total. The summed E-state index contributed by atoms with van der Waals surface area (Å²) < 4.78 is 5.14. The summed E-state index contributed by atoms with van der Waals surface area (Å²) in [6.07, 6.45) is 2.70. The molecule has 2 atom stereocenters. The zero-order valence-electron chi connectivity index (χ0n) is 11.3. The van der Waals surface area contributed by atoms with Crippen LogP contribution in [0.3, 0.4) is 0 Å². The first-order valence-corrected chi connectivity index (χ1v) is 7.00. The maximum atomic E-state index is 5.14. The molecule has 0 aliphatic carbocycles. The van der Waals surface area contributed by atoms with E-state index in [4.69, 9.17) is 4.74 Å². The first-order chi connectivity index (χ1) is 8.31. The molecule has 0 aromatic heterocycles. The molecule has 2 aliphatic heterocycles. The molecule has 0 spiro atoms. The number of nitrogens with one attached hydrogen (secondary N) is 1. The van der Waals surface area contributed by atoms with Crippen molar-refractivity contribution in [3.8, 4) is 0 Å². The SMILES string of the molecule is COCCN1CCN(C2CCCNC2C)CC1. The van der Waals surface area contributed by atoms with Crippen LogP contribution in [0.25, 0.3) is 0 Å². The van der Waals surface area contributed by atoms with E-state index in [1.54, 1.807) is 7.11 Å². The third kappa shape index (κ3) is 3.65. The largest absolute Gasteiger partial charge is 0.383 e. The highest BCUT2D eigenvalue weighted by Crippen LogP contribution is 2.17. The molecule has 4 heteroatoms. The van der Waals surface area contributed by atoms with E-state index in [0.717, 1.165) is 19.2 Å². The maximum Gasteiger partial charge on any atom is 0.0589 e. The van der Waals surface area contributed by atoms with E-state index < -0.39 is 0 Å². The molecule has 100 valence electrons. The smallest absolute Gasteiger partial charge is 0.0589 e. The van der Waals surface area contributed by atoms with Gasteiger partial charge in [0, 0.05) is 51.9 Å². The number of ether oxygens (including phenoxy) is 1. The van der Waals surface area contributed by atoms with Gasteiger partial charge < -0.3 is 10.1 Å². The first-order valence-electron chi connectivity index (χ1n) is 7.00. The monoisotopic (exact) mass is 241 g/mol. The number of hydrogen-bond donors (Lipinski definition) is 1. The quantitative estimate of drug-likeness (QED) is 0.771. The molecule has 0 aromatic carbocycles. The fourth-order valence-corrected chi connectivity index (χ4v) is 3.06. The summed E-state index contributed by atoms with van der Waals surface area (Å²) in [4.78, 5) is 5.20. The van der Waals surface area contributed by atoms with Crippen LogP contribution in [0.15, 0.2) is 0 Å². The Labute approximate surface area is 105 Å². The molecule has 2 heterocycles. The molecule has 2 aliphatic rings. The van der Waals surface area contributed by atoms with E-state index in [1.165, 1.54) is 45.6 Å². The normalized spacial score (nSPS) is 32.8. The molecule has 0 amide bonds. The molecule has 2 unspecified atom stereocenters. The van der Waals surface area contributed by atoms with Gasteiger partial charge in [0.25, 0.3) is 0 Å². The zero-order valence-corrected chi connectivity index (χ0v) is 11.3. The molecule has 17 heavy (non-hydrogen) atoms. The summed E-state index contributed by atoms with van der Waals surface area (Å²) in [5, 5.41) is 3.60. The molecule has 4 nitrogen and oxygen atoms in total. The minimum absolute atomic E-state index is 0.661. The number of rotatable bonds is 4. The predicted octanol–water partition coefficient (Wildman–Crippen LogP) is 0.391. The van der Waals surface area contributed by atoms with E-state index in [2.05, 4.69) is 22.0 Å². The second-order valence-electron chi connectivity index (χ2n) is 5.32. The first kappa shape index (κ1) is 13.3. The van der Waals surface area contributed by atoms with Gasteiger partial charge in [-0.1, -0.05) is 0 Å². The number of piperazine rings is 1. The van der Waals surface area contributed by atoms with Gasteiger partial charge in [0.1, 0.15) is 0 Å². The van der Waals surface area contributed by atoms with Gasteiger partial charge in [-0.05, 0) is 26.3 Å². The average Bonchev–Trinajstić information content (AvgIpc) is 2.38. The van der Waals surface area contributed by atoms with Crippen molar-refractivity contribution >= 4 is 0 Å². The van der Waals surface area contributed by atoms with Gasteiger partial charge in [-0.2, -0.15) is 0 Å². The minimum Gasteiger partial charge on any atom is -0.383 e. The Morgan fingerprint density at radius 1 is 1.24 bits per heavy atom. The van der Waals surface area contributed by atoms with Crippen LogP contribution in [0.2, 0.25) is 0 Å². The van der Waals surface area contributed by atoms with Gasteiger partial charge in [0.15, 0.2) is 0 Å². The molecule has 0 bridgehead atoms. The van der Waals surface area contributed by atoms with E-state index in [0.29, 0.717) is 6.04 Å². The number of hydrogen-bond acceptors (Lipinski definition) is 4. The van der Waals surface area contributed by atoms with Gasteiger partial charge in [0.2, 0.25) is 0 Å². The second-order valence-corrected chi connectivity index (χ2v) is 5.32. The van der Waals surface area contributed by atoms with Crippen LogP contribution >= 0.6 is 0 Å². The Kier molecular flexibility index (Phi) is 5.22. The lowest BCUT2D eigenvalue weighted by Crippen LogP contribution is -2.57. The van der Waals surface area contributed by atoms with Crippen LogP contribution in [-0.4, -0.2) is 74.9 Å².